The fraction of sp³-hybridized carbons (Fsp3) is 0.154. The zero-order valence-electron chi connectivity index (χ0n) is 11.6. The summed E-state index contributed by atoms with van der Waals surface area (Å²) in [6, 6.07) is 3.40. The summed E-state index contributed by atoms with van der Waals surface area (Å²) < 4.78 is 0. The smallest absolute Gasteiger partial charge is 0.353 e. The van der Waals surface area contributed by atoms with Gasteiger partial charge in [0.1, 0.15) is 0 Å². The van der Waals surface area contributed by atoms with Gasteiger partial charge in [0.05, 0.1) is 16.4 Å². The minimum absolute atomic E-state index is 0.00278. The maximum absolute atomic E-state index is 11.5. The Hall–Kier alpha value is -2.94. The molecule has 0 saturated carbocycles. The number of nitro benzene ring substituents is 1. The van der Waals surface area contributed by atoms with Crippen molar-refractivity contribution in [3.63, 3.8) is 0 Å². The predicted octanol–water partition coefficient (Wildman–Crippen LogP) is 1.73. The van der Waals surface area contributed by atoms with Gasteiger partial charge in [-0.1, -0.05) is 11.6 Å². The summed E-state index contributed by atoms with van der Waals surface area (Å²) in [5, 5.41) is 33.2. The van der Waals surface area contributed by atoms with E-state index in [0.29, 0.717) is 0 Å². The van der Waals surface area contributed by atoms with Crippen LogP contribution in [-0.4, -0.2) is 32.8 Å². The average Bonchev–Trinajstić information content (AvgIpc) is 2.46. The molecule has 23 heavy (non-hydrogen) atoms. The number of rotatable bonds is 4. The normalized spacial score (nSPS) is 17.3. The summed E-state index contributed by atoms with van der Waals surface area (Å²) in [6.45, 7) is 1.41. The van der Waals surface area contributed by atoms with E-state index in [4.69, 9.17) is 11.6 Å². The Morgan fingerprint density at radius 2 is 2.00 bits per heavy atom. The van der Waals surface area contributed by atoms with Crippen molar-refractivity contribution in [3.05, 3.63) is 50.2 Å². The molecule has 0 amide bonds. The Kier molecular flexibility index (Phi) is 4.32. The minimum Gasteiger partial charge on any atom is -0.478 e. The SMILES string of the molecule is CC1=C(C(=O)O)C(c2cc([N+](=O)[O-])ccc2Cl)C(C(=O)O)=NN1. The zero-order chi connectivity index (χ0) is 17.3. The lowest BCUT2D eigenvalue weighted by Crippen LogP contribution is -2.34. The van der Waals surface area contributed by atoms with Crippen molar-refractivity contribution in [3.8, 4) is 0 Å². The second-order valence-corrected chi connectivity index (χ2v) is 5.06. The molecule has 1 aromatic rings. The summed E-state index contributed by atoms with van der Waals surface area (Å²) in [4.78, 5) is 33.1. The number of nitrogens with one attached hydrogen (secondary N) is 1. The van der Waals surface area contributed by atoms with Gasteiger partial charge < -0.3 is 10.2 Å². The molecule has 1 aliphatic rings. The van der Waals surface area contributed by atoms with Crippen LogP contribution in [-0.2, 0) is 9.59 Å². The van der Waals surface area contributed by atoms with E-state index >= 15 is 0 Å². The molecule has 3 N–H and O–H groups in total. The molecule has 1 heterocycles. The molecule has 10 heteroatoms. The second kappa shape index (κ2) is 6.05. The lowest BCUT2D eigenvalue weighted by molar-refractivity contribution is -0.384. The predicted molar refractivity (Wildman–Crippen MR) is 79.4 cm³/mol. The van der Waals surface area contributed by atoms with E-state index in [9.17, 15) is 29.9 Å². The quantitative estimate of drug-likeness (QED) is 0.560. The number of aliphatic carboxylic acids is 2. The van der Waals surface area contributed by atoms with Crippen molar-refractivity contribution < 1.29 is 24.7 Å². The van der Waals surface area contributed by atoms with Gasteiger partial charge in [-0.25, -0.2) is 9.59 Å². The molecule has 0 aromatic heterocycles. The second-order valence-electron chi connectivity index (χ2n) is 4.65. The van der Waals surface area contributed by atoms with Gasteiger partial charge in [0.2, 0.25) is 0 Å². The van der Waals surface area contributed by atoms with Crippen LogP contribution in [0.4, 0.5) is 5.69 Å². The first-order chi connectivity index (χ1) is 10.7. The Morgan fingerprint density at radius 1 is 1.35 bits per heavy atom. The Labute approximate surface area is 134 Å². The zero-order valence-corrected chi connectivity index (χ0v) is 12.4. The van der Waals surface area contributed by atoms with E-state index < -0.39 is 28.5 Å². The number of hydrogen-bond donors (Lipinski definition) is 3. The van der Waals surface area contributed by atoms with Crippen LogP contribution in [0.5, 0.6) is 0 Å². The Bertz CT molecular complexity index is 786. The molecule has 9 nitrogen and oxygen atoms in total. The van der Waals surface area contributed by atoms with Gasteiger partial charge in [0.15, 0.2) is 5.71 Å². The molecule has 0 spiro atoms. The largest absolute Gasteiger partial charge is 0.478 e. The molecule has 0 bridgehead atoms. The molecule has 1 aromatic carbocycles. The maximum atomic E-state index is 11.5. The molecule has 2 rings (SSSR count). The topological polar surface area (TPSA) is 142 Å². The number of carbonyl (C=O) groups is 2. The molecule has 0 radical (unpaired) electrons. The highest BCUT2D eigenvalue weighted by atomic mass is 35.5. The number of carboxylic acid groups (broad SMARTS) is 2. The Morgan fingerprint density at radius 3 is 2.52 bits per heavy atom. The average molecular weight is 340 g/mol. The third kappa shape index (κ3) is 2.99. The van der Waals surface area contributed by atoms with E-state index in [2.05, 4.69) is 10.5 Å². The fourth-order valence-corrected chi connectivity index (χ4v) is 2.47. The first kappa shape index (κ1) is 16.4. The van der Waals surface area contributed by atoms with E-state index in [1.807, 2.05) is 0 Å². The van der Waals surface area contributed by atoms with Gasteiger partial charge in [-0.3, -0.25) is 15.5 Å². The molecular formula is C13H10ClN3O6. The van der Waals surface area contributed by atoms with Crippen LogP contribution < -0.4 is 5.43 Å². The summed E-state index contributed by atoms with van der Waals surface area (Å²) in [5.74, 6) is -4.17. The highest BCUT2D eigenvalue weighted by Crippen LogP contribution is 2.36. The van der Waals surface area contributed by atoms with Gasteiger partial charge in [-0.05, 0) is 18.6 Å². The van der Waals surface area contributed by atoms with Gasteiger partial charge >= 0.3 is 11.9 Å². The first-order valence-electron chi connectivity index (χ1n) is 6.18. The van der Waals surface area contributed by atoms with Gasteiger partial charge in [0, 0.05) is 22.9 Å². The summed E-state index contributed by atoms with van der Waals surface area (Å²) in [6.07, 6.45) is 0. The van der Waals surface area contributed by atoms with Gasteiger partial charge in [0.25, 0.3) is 5.69 Å². The number of hydrazone groups is 1. The van der Waals surface area contributed by atoms with Crippen molar-refractivity contribution in [2.75, 3.05) is 0 Å². The summed E-state index contributed by atoms with van der Waals surface area (Å²) >= 11 is 6.02. The third-order valence-electron chi connectivity index (χ3n) is 3.26. The number of nitro groups is 1. The highest BCUT2D eigenvalue weighted by Gasteiger charge is 2.37. The number of carboxylic acids is 2. The van der Waals surface area contributed by atoms with Crippen molar-refractivity contribution in [1.82, 2.24) is 5.43 Å². The first-order valence-corrected chi connectivity index (χ1v) is 6.56. The molecule has 1 aliphatic heterocycles. The molecule has 1 unspecified atom stereocenters. The van der Waals surface area contributed by atoms with Crippen LogP contribution in [0.1, 0.15) is 18.4 Å². The van der Waals surface area contributed by atoms with Crippen molar-refractivity contribution in [2.24, 2.45) is 5.10 Å². The summed E-state index contributed by atoms with van der Waals surface area (Å²) in [5.41, 5.74) is 1.29. The fourth-order valence-electron chi connectivity index (χ4n) is 2.25. The van der Waals surface area contributed by atoms with E-state index in [0.717, 1.165) is 12.1 Å². The van der Waals surface area contributed by atoms with E-state index in [1.54, 1.807) is 0 Å². The highest BCUT2D eigenvalue weighted by molar-refractivity contribution is 6.41. The molecular weight excluding hydrogens is 330 g/mol. The van der Waals surface area contributed by atoms with Crippen LogP contribution in [0.3, 0.4) is 0 Å². The van der Waals surface area contributed by atoms with Crippen molar-refractivity contribution in [2.45, 2.75) is 12.8 Å². The lowest BCUT2D eigenvalue weighted by Gasteiger charge is -2.24. The lowest BCUT2D eigenvalue weighted by atomic mass is 9.84. The monoisotopic (exact) mass is 339 g/mol. The number of allylic oxidation sites excluding steroid dienone is 1. The maximum Gasteiger partial charge on any atom is 0.353 e. The number of benzene rings is 1. The molecule has 120 valence electrons. The standard InChI is InChI=1S/C13H10ClN3O6/c1-5-9(12(18)19)10(11(13(20)21)16-15-5)7-4-6(17(22)23)2-3-8(7)14/h2-4,10,15H,1H3,(H,18,19)(H,20,21). The van der Waals surface area contributed by atoms with Crippen LogP contribution in [0.2, 0.25) is 5.02 Å². The number of hydrogen-bond acceptors (Lipinski definition) is 6. The number of nitrogens with zero attached hydrogens (tertiary/aromatic N) is 2. The number of halogens is 1. The van der Waals surface area contributed by atoms with E-state index in [-0.39, 0.29) is 27.5 Å². The van der Waals surface area contributed by atoms with Crippen molar-refractivity contribution in [1.29, 1.82) is 0 Å². The van der Waals surface area contributed by atoms with Crippen LogP contribution >= 0.6 is 11.6 Å². The van der Waals surface area contributed by atoms with Crippen LogP contribution in [0.15, 0.2) is 34.6 Å². The number of non-ortho nitro benzene ring substituents is 1. The van der Waals surface area contributed by atoms with Gasteiger partial charge in [-0.15, -0.1) is 0 Å². The summed E-state index contributed by atoms with van der Waals surface area (Å²) in [7, 11) is 0. The molecule has 1 atom stereocenters. The van der Waals surface area contributed by atoms with E-state index in [1.165, 1.54) is 13.0 Å². The van der Waals surface area contributed by atoms with Crippen LogP contribution in [0.25, 0.3) is 0 Å². The molecule has 0 fully saturated rings. The third-order valence-corrected chi connectivity index (χ3v) is 3.61. The minimum atomic E-state index is -1.46. The van der Waals surface area contributed by atoms with Crippen LogP contribution in [0, 0.1) is 10.1 Å². The molecule has 0 saturated heterocycles. The molecule has 0 aliphatic carbocycles. The van der Waals surface area contributed by atoms with Gasteiger partial charge in [-0.2, -0.15) is 5.10 Å². The van der Waals surface area contributed by atoms with Crippen molar-refractivity contribution >= 4 is 34.9 Å². The Balaban J connectivity index is 2.73.